The molecule has 0 unspecified atom stereocenters. The fraction of sp³-hybridized carbons (Fsp3) is 0.300. The molecule has 1 heterocycles. The standard InChI is InChI=1S/C10H11BrN2O4/c11-8-3-1-2-6(12-8)9(15)13-7(4-5-14)10(16)17/h1-3,7,14H,4-5H2,(H,13,15)(H,16,17)/t7-/m0/s1. The summed E-state index contributed by atoms with van der Waals surface area (Å²) in [6.07, 6.45) is -0.0466. The Hall–Kier alpha value is -1.47. The van der Waals surface area contributed by atoms with Crippen molar-refractivity contribution >= 4 is 27.8 Å². The van der Waals surface area contributed by atoms with E-state index in [1.54, 1.807) is 12.1 Å². The fourth-order valence-corrected chi connectivity index (χ4v) is 1.50. The highest BCUT2D eigenvalue weighted by Crippen LogP contribution is 2.06. The van der Waals surface area contributed by atoms with E-state index in [9.17, 15) is 9.59 Å². The summed E-state index contributed by atoms with van der Waals surface area (Å²) in [7, 11) is 0. The topological polar surface area (TPSA) is 99.5 Å². The van der Waals surface area contributed by atoms with Gasteiger partial charge in [-0.15, -0.1) is 0 Å². The Morgan fingerprint density at radius 3 is 2.71 bits per heavy atom. The second kappa shape index (κ2) is 6.31. The van der Waals surface area contributed by atoms with Crippen LogP contribution in [-0.4, -0.2) is 39.7 Å². The van der Waals surface area contributed by atoms with E-state index in [1.807, 2.05) is 0 Å². The number of hydrogen-bond donors (Lipinski definition) is 3. The van der Waals surface area contributed by atoms with E-state index in [0.29, 0.717) is 4.60 Å². The third-order valence-electron chi connectivity index (χ3n) is 1.97. The number of rotatable bonds is 5. The number of aliphatic carboxylic acids is 1. The number of nitrogens with zero attached hydrogens (tertiary/aromatic N) is 1. The lowest BCUT2D eigenvalue weighted by atomic mass is 10.2. The van der Waals surface area contributed by atoms with Crippen molar-refractivity contribution in [2.45, 2.75) is 12.5 Å². The largest absolute Gasteiger partial charge is 0.480 e. The van der Waals surface area contributed by atoms with Crippen LogP contribution in [0.4, 0.5) is 0 Å². The van der Waals surface area contributed by atoms with Gasteiger partial charge in [0.15, 0.2) is 0 Å². The van der Waals surface area contributed by atoms with Gasteiger partial charge in [0, 0.05) is 13.0 Å². The van der Waals surface area contributed by atoms with E-state index < -0.39 is 17.9 Å². The van der Waals surface area contributed by atoms with Crippen LogP contribution in [0.5, 0.6) is 0 Å². The number of nitrogens with one attached hydrogen (secondary N) is 1. The van der Waals surface area contributed by atoms with Gasteiger partial charge in [-0.1, -0.05) is 6.07 Å². The van der Waals surface area contributed by atoms with Crippen molar-refractivity contribution in [3.63, 3.8) is 0 Å². The Balaban J connectivity index is 2.73. The number of hydrogen-bond acceptors (Lipinski definition) is 4. The van der Waals surface area contributed by atoms with Crippen LogP contribution in [0, 0.1) is 0 Å². The van der Waals surface area contributed by atoms with Crippen LogP contribution in [0.3, 0.4) is 0 Å². The van der Waals surface area contributed by atoms with Crippen molar-refractivity contribution in [3.05, 3.63) is 28.5 Å². The van der Waals surface area contributed by atoms with Crippen molar-refractivity contribution in [2.75, 3.05) is 6.61 Å². The van der Waals surface area contributed by atoms with Gasteiger partial charge < -0.3 is 15.5 Å². The molecule has 1 rings (SSSR count). The lowest BCUT2D eigenvalue weighted by Crippen LogP contribution is -2.41. The van der Waals surface area contributed by atoms with E-state index in [-0.39, 0.29) is 18.7 Å². The molecule has 0 saturated heterocycles. The molecule has 0 bridgehead atoms. The molecule has 1 amide bonds. The summed E-state index contributed by atoms with van der Waals surface area (Å²) in [5, 5.41) is 19.8. The lowest BCUT2D eigenvalue weighted by Gasteiger charge is -2.12. The summed E-state index contributed by atoms with van der Waals surface area (Å²) in [5.41, 5.74) is 0.114. The number of carbonyl (C=O) groups excluding carboxylic acids is 1. The minimum Gasteiger partial charge on any atom is -0.480 e. The molecule has 0 radical (unpaired) electrons. The first-order valence-corrected chi connectivity index (χ1v) is 5.61. The summed E-state index contributed by atoms with van der Waals surface area (Å²) in [6, 6.07) is 3.62. The molecule has 0 aromatic carbocycles. The van der Waals surface area contributed by atoms with E-state index in [1.165, 1.54) is 6.07 Å². The van der Waals surface area contributed by atoms with Crippen molar-refractivity contribution < 1.29 is 19.8 Å². The molecular weight excluding hydrogens is 292 g/mol. The number of amides is 1. The summed E-state index contributed by atoms with van der Waals surface area (Å²) in [5.74, 6) is -1.78. The minimum atomic E-state index is -1.19. The summed E-state index contributed by atoms with van der Waals surface area (Å²) in [6.45, 7) is -0.316. The van der Waals surface area contributed by atoms with Crippen molar-refractivity contribution in [2.24, 2.45) is 0 Å². The molecule has 0 saturated carbocycles. The zero-order valence-corrected chi connectivity index (χ0v) is 10.3. The monoisotopic (exact) mass is 302 g/mol. The SMILES string of the molecule is O=C(N[C@@H](CCO)C(=O)O)c1cccc(Br)n1. The maximum Gasteiger partial charge on any atom is 0.326 e. The van der Waals surface area contributed by atoms with E-state index in [2.05, 4.69) is 26.2 Å². The first-order valence-electron chi connectivity index (χ1n) is 4.81. The number of carboxylic acids is 1. The Bertz CT molecular complexity index is 425. The number of carboxylic acid groups (broad SMARTS) is 1. The lowest BCUT2D eigenvalue weighted by molar-refractivity contribution is -0.139. The van der Waals surface area contributed by atoms with Gasteiger partial charge >= 0.3 is 5.97 Å². The van der Waals surface area contributed by atoms with Gasteiger partial charge in [0.2, 0.25) is 0 Å². The van der Waals surface area contributed by atoms with Crippen LogP contribution in [-0.2, 0) is 4.79 Å². The molecule has 0 aliphatic heterocycles. The molecule has 0 aliphatic rings. The van der Waals surface area contributed by atoms with Crippen molar-refractivity contribution in [1.82, 2.24) is 10.3 Å². The molecule has 0 aliphatic carbocycles. The molecule has 17 heavy (non-hydrogen) atoms. The quantitative estimate of drug-likeness (QED) is 0.684. The highest BCUT2D eigenvalue weighted by molar-refractivity contribution is 9.10. The molecule has 1 aromatic heterocycles. The first kappa shape index (κ1) is 13.6. The predicted molar refractivity (Wildman–Crippen MR) is 62.5 cm³/mol. The van der Waals surface area contributed by atoms with Crippen LogP contribution < -0.4 is 5.32 Å². The van der Waals surface area contributed by atoms with Crippen LogP contribution in [0.15, 0.2) is 22.8 Å². The molecule has 92 valence electrons. The zero-order chi connectivity index (χ0) is 12.8. The van der Waals surface area contributed by atoms with E-state index >= 15 is 0 Å². The van der Waals surface area contributed by atoms with Gasteiger partial charge in [-0.2, -0.15) is 0 Å². The third-order valence-corrected chi connectivity index (χ3v) is 2.41. The number of halogens is 1. The van der Waals surface area contributed by atoms with Crippen molar-refractivity contribution in [1.29, 1.82) is 0 Å². The molecule has 1 aromatic rings. The van der Waals surface area contributed by atoms with Crippen LogP contribution in [0.1, 0.15) is 16.9 Å². The van der Waals surface area contributed by atoms with E-state index in [0.717, 1.165) is 0 Å². The molecule has 0 fully saturated rings. The molecule has 1 atom stereocenters. The number of aromatic nitrogens is 1. The van der Waals surface area contributed by atoms with E-state index in [4.69, 9.17) is 10.2 Å². The predicted octanol–water partition coefficient (Wildman–Crippen LogP) is 0.409. The van der Waals surface area contributed by atoms with Gasteiger partial charge in [0.05, 0.1) is 0 Å². The highest BCUT2D eigenvalue weighted by Gasteiger charge is 2.20. The maximum atomic E-state index is 11.6. The molecular formula is C10H11BrN2O4. The fourth-order valence-electron chi connectivity index (χ4n) is 1.15. The zero-order valence-electron chi connectivity index (χ0n) is 8.76. The normalized spacial score (nSPS) is 11.9. The Morgan fingerprint density at radius 1 is 1.47 bits per heavy atom. The second-order valence-electron chi connectivity index (χ2n) is 3.22. The van der Waals surface area contributed by atoms with Gasteiger partial charge in [-0.3, -0.25) is 4.79 Å². The van der Waals surface area contributed by atoms with Crippen LogP contribution in [0.2, 0.25) is 0 Å². The van der Waals surface area contributed by atoms with Crippen LogP contribution in [0.25, 0.3) is 0 Å². The Labute approximate surface area is 106 Å². The molecule has 0 spiro atoms. The molecule has 6 nitrogen and oxygen atoms in total. The number of aliphatic hydroxyl groups is 1. The number of aliphatic hydroxyl groups excluding tert-OH is 1. The van der Waals surface area contributed by atoms with Gasteiger partial charge in [0.25, 0.3) is 5.91 Å². The number of pyridine rings is 1. The van der Waals surface area contributed by atoms with Crippen molar-refractivity contribution in [3.8, 4) is 0 Å². The number of carbonyl (C=O) groups is 2. The maximum absolute atomic E-state index is 11.6. The average molecular weight is 303 g/mol. The third kappa shape index (κ3) is 4.12. The second-order valence-corrected chi connectivity index (χ2v) is 4.03. The molecule has 3 N–H and O–H groups in total. The minimum absolute atomic E-state index is 0.0466. The van der Waals surface area contributed by atoms with Gasteiger partial charge in [-0.05, 0) is 28.1 Å². The average Bonchev–Trinajstić information content (AvgIpc) is 2.28. The van der Waals surface area contributed by atoms with Crippen LogP contribution >= 0.6 is 15.9 Å². The summed E-state index contributed by atoms with van der Waals surface area (Å²) < 4.78 is 0.485. The highest BCUT2D eigenvalue weighted by atomic mass is 79.9. The molecule has 7 heteroatoms. The van der Waals surface area contributed by atoms with Gasteiger partial charge in [-0.25, -0.2) is 9.78 Å². The summed E-state index contributed by atoms with van der Waals surface area (Å²) in [4.78, 5) is 26.3. The first-order chi connectivity index (χ1) is 8.04. The summed E-state index contributed by atoms with van der Waals surface area (Å²) >= 11 is 3.11. The Morgan fingerprint density at radius 2 is 2.18 bits per heavy atom. The Kier molecular flexibility index (Phi) is 5.05. The van der Waals surface area contributed by atoms with Gasteiger partial charge in [0.1, 0.15) is 16.3 Å². The smallest absolute Gasteiger partial charge is 0.326 e.